The number of sulfone groups is 1. The maximum atomic E-state index is 12.8. The average Bonchev–Trinajstić information content (AvgIpc) is 3.64. The number of nitrogens with zero attached hydrogens (tertiary/aromatic N) is 1. The molecular formula is C23H32N2O5S. The zero-order valence-electron chi connectivity index (χ0n) is 18.0. The average molecular weight is 449 g/mol. The summed E-state index contributed by atoms with van der Waals surface area (Å²) >= 11 is 0. The smallest absolute Gasteiger partial charge is 0.324 e. The first-order chi connectivity index (χ1) is 14.9. The number of urea groups is 1. The van der Waals surface area contributed by atoms with Crippen molar-refractivity contribution in [3.8, 4) is 5.75 Å². The van der Waals surface area contributed by atoms with Crippen molar-refractivity contribution in [1.82, 2.24) is 10.2 Å². The van der Waals surface area contributed by atoms with Crippen LogP contribution in [0, 0.1) is 5.92 Å². The Balaban J connectivity index is 1.21. The molecule has 0 spiro atoms. The maximum Gasteiger partial charge on any atom is 0.324 e. The molecule has 0 bridgehead atoms. The molecule has 3 fully saturated rings. The third-order valence-corrected chi connectivity index (χ3v) is 8.41. The summed E-state index contributed by atoms with van der Waals surface area (Å²) in [6, 6.07) is 7.63. The Hall–Kier alpha value is -2.09. The molecule has 170 valence electrons. The Morgan fingerprint density at radius 1 is 1.13 bits per heavy atom. The summed E-state index contributed by atoms with van der Waals surface area (Å²) in [5, 5.41) is 2.31. The fraction of sp³-hybridized carbons (Fsp3) is 0.652. The number of imide groups is 1. The SMILES string of the molecule is O=C1CCN(CCCCCS(=O)(=O)CC2(c3cccc(OCC4CC4)c3)CC2)C(=O)N1. The molecule has 8 heteroatoms. The van der Waals surface area contributed by atoms with Gasteiger partial charge in [0.2, 0.25) is 5.91 Å². The molecule has 0 atom stereocenters. The van der Waals surface area contributed by atoms with E-state index in [4.69, 9.17) is 4.74 Å². The third-order valence-electron chi connectivity index (χ3n) is 6.50. The van der Waals surface area contributed by atoms with E-state index in [0.29, 0.717) is 31.8 Å². The standard InChI is InChI=1S/C23H32N2O5S/c26-21-9-13-25(22(27)24-21)12-2-1-3-14-31(28,29)17-23(10-11-23)19-5-4-6-20(15-19)30-16-18-7-8-18/h4-6,15,18H,1-3,7-14,16-17H2,(H,24,26,27). The van der Waals surface area contributed by atoms with Crippen LogP contribution in [0.1, 0.15) is 56.9 Å². The number of rotatable bonds is 12. The molecule has 3 amide bonds. The van der Waals surface area contributed by atoms with E-state index in [-0.39, 0.29) is 28.9 Å². The quantitative estimate of drug-likeness (QED) is 0.496. The van der Waals surface area contributed by atoms with Gasteiger partial charge in [-0.05, 0) is 62.1 Å². The van der Waals surface area contributed by atoms with Gasteiger partial charge >= 0.3 is 6.03 Å². The summed E-state index contributed by atoms with van der Waals surface area (Å²) in [4.78, 5) is 24.5. The first kappa shape index (κ1) is 22.1. The summed E-state index contributed by atoms with van der Waals surface area (Å²) < 4.78 is 31.4. The van der Waals surface area contributed by atoms with Crippen LogP contribution in [-0.4, -0.2) is 56.5 Å². The van der Waals surface area contributed by atoms with Crippen molar-refractivity contribution in [2.24, 2.45) is 5.92 Å². The molecule has 0 unspecified atom stereocenters. The first-order valence-electron chi connectivity index (χ1n) is 11.4. The molecule has 3 aliphatic rings. The number of carbonyl (C=O) groups is 2. The van der Waals surface area contributed by atoms with Crippen LogP contribution in [0.25, 0.3) is 0 Å². The van der Waals surface area contributed by atoms with Crippen LogP contribution in [0.15, 0.2) is 24.3 Å². The van der Waals surface area contributed by atoms with E-state index in [1.54, 1.807) is 4.90 Å². The normalized spacial score (nSPS) is 20.5. The van der Waals surface area contributed by atoms with Crippen molar-refractivity contribution in [3.63, 3.8) is 0 Å². The second kappa shape index (κ2) is 9.18. The number of hydrogen-bond donors (Lipinski definition) is 1. The van der Waals surface area contributed by atoms with Gasteiger partial charge in [0.25, 0.3) is 0 Å². The zero-order chi connectivity index (χ0) is 21.9. The predicted octanol–water partition coefficient (Wildman–Crippen LogP) is 3.03. The highest BCUT2D eigenvalue weighted by atomic mass is 32.2. The van der Waals surface area contributed by atoms with E-state index in [1.807, 2.05) is 24.3 Å². The monoisotopic (exact) mass is 448 g/mol. The van der Waals surface area contributed by atoms with Gasteiger partial charge in [0.1, 0.15) is 5.75 Å². The van der Waals surface area contributed by atoms with Crippen LogP contribution < -0.4 is 10.1 Å². The summed E-state index contributed by atoms with van der Waals surface area (Å²) in [6.45, 7) is 1.75. The second-order valence-electron chi connectivity index (χ2n) is 9.31. The highest BCUT2D eigenvalue weighted by Gasteiger charge is 2.47. The number of ether oxygens (including phenoxy) is 1. The molecule has 1 aliphatic heterocycles. The van der Waals surface area contributed by atoms with Gasteiger partial charge in [-0.1, -0.05) is 18.6 Å². The van der Waals surface area contributed by atoms with Gasteiger partial charge in [-0.2, -0.15) is 0 Å². The molecule has 4 rings (SSSR count). The van der Waals surface area contributed by atoms with Crippen molar-refractivity contribution in [2.45, 2.75) is 56.8 Å². The number of amides is 3. The summed E-state index contributed by atoms with van der Waals surface area (Å²) in [5.74, 6) is 1.67. The van der Waals surface area contributed by atoms with Gasteiger partial charge in [-0.3, -0.25) is 10.1 Å². The van der Waals surface area contributed by atoms with Gasteiger partial charge in [-0.25, -0.2) is 13.2 Å². The zero-order valence-corrected chi connectivity index (χ0v) is 18.8. The number of benzene rings is 1. The molecule has 0 radical (unpaired) electrons. The number of nitrogens with one attached hydrogen (secondary N) is 1. The van der Waals surface area contributed by atoms with Crippen molar-refractivity contribution in [2.75, 3.05) is 31.2 Å². The first-order valence-corrected chi connectivity index (χ1v) is 13.2. The fourth-order valence-corrected chi connectivity index (χ4v) is 6.27. The van der Waals surface area contributed by atoms with Crippen molar-refractivity contribution < 1.29 is 22.7 Å². The van der Waals surface area contributed by atoms with E-state index in [1.165, 1.54) is 12.8 Å². The van der Waals surface area contributed by atoms with Gasteiger partial charge < -0.3 is 9.64 Å². The Morgan fingerprint density at radius 2 is 1.94 bits per heavy atom. The minimum absolute atomic E-state index is 0.178. The highest BCUT2D eigenvalue weighted by molar-refractivity contribution is 7.91. The lowest BCUT2D eigenvalue weighted by Gasteiger charge is -2.26. The largest absolute Gasteiger partial charge is 0.493 e. The van der Waals surface area contributed by atoms with Gasteiger partial charge in [-0.15, -0.1) is 0 Å². The van der Waals surface area contributed by atoms with E-state index >= 15 is 0 Å². The number of hydrogen-bond acceptors (Lipinski definition) is 5. The van der Waals surface area contributed by atoms with Gasteiger partial charge in [0, 0.05) is 24.9 Å². The van der Waals surface area contributed by atoms with E-state index in [0.717, 1.165) is 43.6 Å². The number of unbranched alkanes of at least 4 members (excludes halogenated alkanes) is 2. The summed E-state index contributed by atoms with van der Waals surface area (Å²) in [7, 11) is -3.16. The van der Waals surface area contributed by atoms with E-state index in [9.17, 15) is 18.0 Å². The van der Waals surface area contributed by atoms with Gasteiger partial charge in [0.15, 0.2) is 9.84 Å². The maximum absolute atomic E-state index is 12.8. The Bertz CT molecular complexity index is 922. The van der Waals surface area contributed by atoms with Crippen LogP contribution in [0.2, 0.25) is 0 Å². The highest BCUT2D eigenvalue weighted by Crippen LogP contribution is 2.50. The topological polar surface area (TPSA) is 92.8 Å². The summed E-state index contributed by atoms with van der Waals surface area (Å²) in [5.41, 5.74) is 0.825. The minimum atomic E-state index is -3.16. The fourth-order valence-electron chi connectivity index (χ4n) is 4.19. The molecule has 1 heterocycles. The lowest BCUT2D eigenvalue weighted by atomic mass is 9.98. The third kappa shape index (κ3) is 6.21. The Labute approximate surface area is 184 Å². The predicted molar refractivity (Wildman–Crippen MR) is 118 cm³/mol. The number of carbonyl (C=O) groups excluding carboxylic acids is 2. The lowest BCUT2D eigenvalue weighted by molar-refractivity contribution is -0.121. The van der Waals surface area contributed by atoms with Gasteiger partial charge in [0.05, 0.1) is 18.1 Å². The summed E-state index contributed by atoms with van der Waals surface area (Å²) in [6.07, 6.45) is 6.70. The molecule has 31 heavy (non-hydrogen) atoms. The van der Waals surface area contributed by atoms with Crippen LogP contribution in [0.3, 0.4) is 0 Å². The molecule has 0 aromatic heterocycles. The molecule has 2 saturated carbocycles. The van der Waals surface area contributed by atoms with Crippen LogP contribution in [0.4, 0.5) is 4.79 Å². The lowest BCUT2D eigenvalue weighted by Crippen LogP contribution is -2.49. The van der Waals surface area contributed by atoms with Crippen molar-refractivity contribution in [1.29, 1.82) is 0 Å². The van der Waals surface area contributed by atoms with Crippen molar-refractivity contribution in [3.05, 3.63) is 29.8 Å². The Morgan fingerprint density at radius 3 is 2.65 bits per heavy atom. The molecule has 1 aromatic carbocycles. The molecule has 1 N–H and O–H groups in total. The van der Waals surface area contributed by atoms with E-state index < -0.39 is 9.84 Å². The minimum Gasteiger partial charge on any atom is -0.493 e. The van der Waals surface area contributed by atoms with Crippen LogP contribution in [0.5, 0.6) is 5.75 Å². The molecule has 1 saturated heterocycles. The molecule has 1 aromatic rings. The van der Waals surface area contributed by atoms with E-state index in [2.05, 4.69) is 5.32 Å². The molecular weight excluding hydrogens is 416 g/mol. The Kier molecular flexibility index (Phi) is 6.55. The second-order valence-corrected chi connectivity index (χ2v) is 11.5. The van der Waals surface area contributed by atoms with Crippen molar-refractivity contribution >= 4 is 21.8 Å². The van der Waals surface area contributed by atoms with Crippen LogP contribution in [-0.2, 0) is 20.0 Å². The molecule has 7 nitrogen and oxygen atoms in total. The van der Waals surface area contributed by atoms with Crippen LogP contribution >= 0.6 is 0 Å². The molecule has 2 aliphatic carbocycles.